The summed E-state index contributed by atoms with van der Waals surface area (Å²) < 4.78 is 26.5. The van der Waals surface area contributed by atoms with Gasteiger partial charge in [0.1, 0.15) is 0 Å². The molecule has 0 heterocycles. The zero-order valence-corrected chi connectivity index (χ0v) is 8.95. The van der Waals surface area contributed by atoms with Crippen LogP contribution in [-0.4, -0.2) is 21.0 Å². The predicted octanol–water partition coefficient (Wildman–Crippen LogP) is 0.511. The van der Waals surface area contributed by atoms with Gasteiger partial charge in [0, 0.05) is 0 Å². The molecule has 0 aromatic heterocycles. The molecule has 0 bridgehead atoms. The van der Waals surface area contributed by atoms with Crippen LogP contribution in [0.2, 0.25) is 0 Å². The Morgan fingerprint density at radius 3 is 2.27 bits per heavy atom. The molecule has 15 heavy (non-hydrogen) atoms. The fraction of sp³-hybridized carbons (Fsp3) is 0.222. The van der Waals surface area contributed by atoms with Crippen LogP contribution in [0.5, 0.6) is 0 Å². The van der Waals surface area contributed by atoms with E-state index in [1.165, 1.54) is 24.3 Å². The predicted molar refractivity (Wildman–Crippen MR) is 53.8 cm³/mol. The van der Waals surface area contributed by atoms with Crippen molar-refractivity contribution in [3.05, 3.63) is 29.8 Å². The molecule has 0 atom stereocenters. The first kappa shape index (κ1) is 11.7. The summed E-state index contributed by atoms with van der Waals surface area (Å²) in [5.41, 5.74) is 0.296. The lowest BCUT2D eigenvalue weighted by Gasteiger charge is -2.02. The standard InChI is InChI=1S/C9H11NO4S/c1-2-14-9(11)7-3-5-8(6-4-7)15(10,12)13/h3-6H,2H2,1H3,(H2,10,12,13). The summed E-state index contributed by atoms with van der Waals surface area (Å²) in [7, 11) is -3.71. The summed E-state index contributed by atoms with van der Waals surface area (Å²) >= 11 is 0. The molecule has 0 amide bonds. The molecular weight excluding hydrogens is 218 g/mol. The highest BCUT2D eigenvalue weighted by Gasteiger charge is 2.10. The Morgan fingerprint density at radius 1 is 1.33 bits per heavy atom. The zero-order chi connectivity index (χ0) is 11.5. The number of hydrogen-bond acceptors (Lipinski definition) is 4. The molecule has 82 valence electrons. The topological polar surface area (TPSA) is 86.5 Å². The lowest BCUT2D eigenvalue weighted by molar-refractivity contribution is 0.0526. The Balaban J connectivity index is 2.96. The number of nitrogens with two attached hydrogens (primary N) is 1. The van der Waals surface area contributed by atoms with Gasteiger partial charge in [-0.15, -0.1) is 0 Å². The number of rotatable bonds is 3. The van der Waals surface area contributed by atoms with Gasteiger partial charge in [-0.3, -0.25) is 0 Å². The van der Waals surface area contributed by atoms with Crippen LogP contribution in [0.1, 0.15) is 17.3 Å². The normalized spacial score (nSPS) is 11.1. The number of sulfonamides is 1. The third kappa shape index (κ3) is 3.03. The average molecular weight is 229 g/mol. The maximum Gasteiger partial charge on any atom is 0.338 e. The molecule has 1 aromatic rings. The summed E-state index contributed by atoms with van der Waals surface area (Å²) in [6.07, 6.45) is 0. The van der Waals surface area contributed by atoms with E-state index in [2.05, 4.69) is 0 Å². The van der Waals surface area contributed by atoms with Gasteiger partial charge >= 0.3 is 5.97 Å². The van der Waals surface area contributed by atoms with Crippen LogP contribution in [0.25, 0.3) is 0 Å². The molecule has 0 aliphatic carbocycles. The van der Waals surface area contributed by atoms with Crippen molar-refractivity contribution in [3.63, 3.8) is 0 Å². The van der Waals surface area contributed by atoms with Crippen molar-refractivity contribution in [1.29, 1.82) is 0 Å². The van der Waals surface area contributed by atoms with E-state index in [0.717, 1.165) is 0 Å². The molecule has 6 heteroatoms. The van der Waals surface area contributed by atoms with Gasteiger partial charge in [0.15, 0.2) is 0 Å². The smallest absolute Gasteiger partial charge is 0.338 e. The molecule has 0 spiro atoms. The minimum absolute atomic E-state index is 0.0319. The summed E-state index contributed by atoms with van der Waals surface area (Å²) in [5, 5.41) is 4.90. The average Bonchev–Trinajstić information content (AvgIpc) is 2.17. The monoisotopic (exact) mass is 229 g/mol. The van der Waals surface area contributed by atoms with E-state index in [-0.39, 0.29) is 11.5 Å². The van der Waals surface area contributed by atoms with Gasteiger partial charge in [0.05, 0.1) is 17.1 Å². The maximum absolute atomic E-state index is 11.2. The van der Waals surface area contributed by atoms with Gasteiger partial charge < -0.3 is 4.74 Å². The van der Waals surface area contributed by atoms with Gasteiger partial charge in [0.25, 0.3) is 0 Å². The summed E-state index contributed by atoms with van der Waals surface area (Å²) in [4.78, 5) is 11.2. The van der Waals surface area contributed by atoms with E-state index in [1.807, 2.05) is 0 Å². The van der Waals surface area contributed by atoms with E-state index in [9.17, 15) is 13.2 Å². The molecular formula is C9H11NO4S. The molecule has 0 unspecified atom stereocenters. The van der Waals surface area contributed by atoms with Crippen molar-refractivity contribution in [2.24, 2.45) is 5.14 Å². The first-order valence-corrected chi connectivity index (χ1v) is 5.79. The van der Waals surface area contributed by atoms with Gasteiger partial charge in [0.2, 0.25) is 10.0 Å². The first-order chi connectivity index (χ1) is 6.95. The number of primary sulfonamides is 1. The number of ether oxygens (including phenoxy) is 1. The molecule has 1 aromatic carbocycles. The van der Waals surface area contributed by atoms with Crippen LogP contribution in [-0.2, 0) is 14.8 Å². The highest BCUT2D eigenvalue weighted by molar-refractivity contribution is 7.89. The van der Waals surface area contributed by atoms with Crippen LogP contribution < -0.4 is 5.14 Å². The highest BCUT2D eigenvalue weighted by atomic mass is 32.2. The largest absolute Gasteiger partial charge is 0.462 e. The van der Waals surface area contributed by atoms with Crippen LogP contribution >= 0.6 is 0 Å². The third-order valence-electron chi connectivity index (χ3n) is 1.69. The Labute approximate surface area is 87.9 Å². The van der Waals surface area contributed by atoms with Gasteiger partial charge in [-0.05, 0) is 31.2 Å². The molecule has 0 saturated carbocycles. The van der Waals surface area contributed by atoms with Gasteiger partial charge in [-0.1, -0.05) is 0 Å². The van der Waals surface area contributed by atoms with Crippen molar-refractivity contribution < 1.29 is 17.9 Å². The molecule has 0 aliphatic rings. The van der Waals surface area contributed by atoms with Gasteiger partial charge in [-0.25, -0.2) is 18.4 Å². The van der Waals surface area contributed by atoms with E-state index in [0.29, 0.717) is 5.56 Å². The Morgan fingerprint density at radius 2 is 1.87 bits per heavy atom. The minimum Gasteiger partial charge on any atom is -0.462 e. The quantitative estimate of drug-likeness (QED) is 0.765. The van der Waals surface area contributed by atoms with Crippen molar-refractivity contribution in [2.75, 3.05) is 6.61 Å². The Hall–Kier alpha value is -1.40. The molecule has 0 fully saturated rings. The van der Waals surface area contributed by atoms with Crippen LogP contribution in [0.15, 0.2) is 29.2 Å². The van der Waals surface area contributed by atoms with Crippen molar-refractivity contribution in [1.82, 2.24) is 0 Å². The van der Waals surface area contributed by atoms with E-state index < -0.39 is 16.0 Å². The van der Waals surface area contributed by atoms with Crippen LogP contribution in [0.4, 0.5) is 0 Å². The van der Waals surface area contributed by atoms with E-state index >= 15 is 0 Å². The summed E-state index contributed by atoms with van der Waals surface area (Å²) in [6.45, 7) is 1.96. The molecule has 0 radical (unpaired) electrons. The van der Waals surface area contributed by atoms with E-state index in [1.54, 1.807) is 6.92 Å². The fourth-order valence-electron chi connectivity index (χ4n) is 0.995. The van der Waals surface area contributed by atoms with E-state index in [4.69, 9.17) is 9.88 Å². The number of carbonyl (C=O) groups is 1. The van der Waals surface area contributed by atoms with Crippen molar-refractivity contribution in [3.8, 4) is 0 Å². The molecule has 5 nitrogen and oxygen atoms in total. The Kier molecular flexibility index (Phi) is 3.43. The number of hydrogen-bond donors (Lipinski definition) is 1. The zero-order valence-electron chi connectivity index (χ0n) is 8.14. The summed E-state index contributed by atoms with van der Waals surface area (Å²) in [5.74, 6) is -0.488. The lowest BCUT2D eigenvalue weighted by atomic mass is 10.2. The van der Waals surface area contributed by atoms with Gasteiger partial charge in [-0.2, -0.15) is 0 Å². The second-order valence-electron chi connectivity index (χ2n) is 2.79. The Bertz CT molecular complexity index is 450. The van der Waals surface area contributed by atoms with Crippen molar-refractivity contribution in [2.45, 2.75) is 11.8 Å². The summed E-state index contributed by atoms with van der Waals surface area (Å²) in [6, 6.07) is 5.25. The fourth-order valence-corrected chi connectivity index (χ4v) is 1.51. The molecule has 2 N–H and O–H groups in total. The highest BCUT2D eigenvalue weighted by Crippen LogP contribution is 2.09. The molecule has 0 saturated heterocycles. The van der Waals surface area contributed by atoms with Crippen LogP contribution in [0, 0.1) is 0 Å². The minimum atomic E-state index is -3.71. The molecule has 0 aliphatic heterocycles. The second-order valence-corrected chi connectivity index (χ2v) is 4.35. The number of carbonyl (C=O) groups excluding carboxylic acids is 1. The maximum atomic E-state index is 11.2. The SMILES string of the molecule is CCOC(=O)c1ccc(S(N)(=O)=O)cc1. The first-order valence-electron chi connectivity index (χ1n) is 4.25. The molecule has 1 rings (SSSR count). The number of benzene rings is 1. The number of esters is 1. The van der Waals surface area contributed by atoms with Crippen molar-refractivity contribution >= 4 is 16.0 Å². The third-order valence-corrected chi connectivity index (χ3v) is 2.62. The van der Waals surface area contributed by atoms with Crippen LogP contribution in [0.3, 0.4) is 0 Å². The lowest BCUT2D eigenvalue weighted by Crippen LogP contribution is -2.12. The second kappa shape index (κ2) is 4.41.